The van der Waals surface area contributed by atoms with Crippen LogP contribution in [-0.4, -0.2) is 44.0 Å². The zero-order valence-corrected chi connectivity index (χ0v) is 18.0. The van der Waals surface area contributed by atoms with Gasteiger partial charge in [-0.15, -0.1) is 0 Å². The van der Waals surface area contributed by atoms with E-state index in [9.17, 15) is 14.4 Å². The number of esters is 2. The summed E-state index contributed by atoms with van der Waals surface area (Å²) in [7, 11) is 0. The molecule has 0 aromatic heterocycles. The van der Waals surface area contributed by atoms with Gasteiger partial charge in [-0.1, -0.05) is 14.4 Å². The summed E-state index contributed by atoms with van der Waals surface area (Å²) >= 11 is 0. The average molecular weight is 395 g/mol. The Labute approximate surface area is 166 Å². The third kappa shape index (κ3) is 29.2. The topological polar surface area (TPSA) is 88.1 Å². The van der Waals surface area contributed by atoms with Crippen molar-refractivity contribution in [2.45, 2.75) is 88.7 Å². The molecule has 0 saturated carbocycles. The molecule has 0 radical (unpaired) electrons. The van der Waals surface area contributed by atoms with Crippen LogP contribution in [0.2, 0.25) is 0 Å². The van der Waals surface area contributed by atoms with Crippen molar-refractivity contribution in [3.8, 4) is 0 Å². The Morgan fingerprint density at radius 3 is 1.52 bits per heavy atom. The molecule has 7 heteroatoms. The van der Waals surface area contributed by atoms with Crippen LogP contribution in [0.3, 0.4) is 0 Å². The van der Waals surface area contributed by atoms with Gasteiger partial charge in [-0.2, -0.15) is 0 Å². The fraction of sp³-hybridized carbons (Fsp3) is 0.850. The fourth-order valence-electron chi connectivity index (χ4n) is 1.13. The molecule has 0 aromatic rings. The highest BCUT2D eigenvalue weighted by Crippen LogP contribution is 2.14. The molecule has 0 unspecified atom stereocenters. The normalized spacial score (nSPS) is 9.41. The van der Waals surface area contributed by atoms with E-state index >= 15 is 0 Å². The van der Waals surface area contributed by atoms with E-state index in [-0.39, 0.29) is 30.9 Å². The number of hydrogen-bond acceptors (Lipinski definition) is 7. The predicted molar refractivity (Wildman–Crippen MR) is 108 cm³/mol. The van der Waals surface area contributed by atoms with Gasteiger partial charge in [0.2, 0.25) is 0 Å². The number of rotatable bonds is 6. The summed E-state index contributed by atoms with van der Waals surface area (Å²) in [5.74, 6) is -0.222. The third-order valence-electron chi connectivity index (χ3n) is 2.24. The van der Waals surface area contributed by atoms with E-state index in [4.69, 9.17) is 4.74 Å². The van der Waals surface area contributed by atoms with Gasteiger partial charge in [-0.3, -0.25) is 9.59 Å². The number of ether oxygens (including phenoxy) is 4. The largest absolute Gasteiger partial charge is 0.508 e. The van der Waals surface area contributed by atoms with Crippen LogP contribution in [0.25, 0.3) is 0 Å². The van der Waals surface area contributed by atoms with Gasteiger partial charge in [0.15, 0.2) is 0 Å². The van der Waals surface area contributed by atoms with Crippen LogP contribution in [0, 0.1) is 5.41 Å². The van der Waals surface area contributed by atoms with E-state index in [1.165, 1.54) is 0 Å². The summed E-state index contributed by atoms with van der Waals surface area (Å²) in [5.41, 5.74) is -0.351. The molecular weight excluding hydrogens is 352 g/mol. The number of hydrogen-bond donors (Lipinski definition) is 0. The second-order valence-electron chi connectivity index (χ2n) is 6.38. The minimum Gasteiger partial charge on any atom is -0.466 e. The molecule has 0 amide bonds. The van der Waals surface area contributed by atoms with Crippen LogP contribution in [0.4, 0.5) is 4.79 Å². The number of carbonyl (C=O) groups is 3. The van der Waals surface area contributed by atoms with Crippen molar-refractivity contribution in [3.63, 3.8) is 0 Å². The third-order valence-corrected chi connectivity index (χ3v) is 2.24. The lowest BCUT2D eigenvalue weighted by Gasteiger charge is -2.14. The van der Waals surface area contributed by atoms with Crippen molar-refractivity contribution in [3.05, 3.63) is 0 Å². The highest BCUT2D eigenvalue weighted by atomic mass is 16.7. The molecule has 0 N–H and O–H groups in total. The van der Waals surface area contributed by atoms with E-state index in [2.05, 4.69) is 14.2 Å². The Kier molecular flexibility index (Phi) is 25.0. The van der Waals surface area contributed by atoms with Crippen LogP contribution < -0.4 is 0 Å². The molecule has 0 saturated heterocycles. The Hall–Kier alpha value is -1.79. The molecule has 0 bridgehead atoms. The summed E-state index contributed by atoms with van der Waals surface area (Å²) < 4.78 is 18.5. The molecule has 0 fully saturated rings. The van der Waals surface area contributed by atoms with Gasteiger partial charge in [0.25, 0.3) is 0 Å². The Morgan fingerprint density at radius 2 is 1.26 bits per heavy atom. The second-order valence-corrected chi connectivity index (χ2v) is 6.38. The first-order chi connectivity index (χ1) is 12.0. The van der Waals surface area contributed by atoms with E-state index in [1.54, 1.807) is 20.8 Å². The van der Waals surface area contributed by atoms with Gasteiger partial charge in [0.05, 0.1) is 31.3 Å². The molecule has 7 nitrogen and oxygen atoms in total. The minimum atomic E-state index is -0.590. The molecule has 0 heterocycles. The fourth-order valence-corrected chi connectivity index (χ4v) is 1.13. The predicted octanol–water partition coefficient (Wildman–Crippen LogP) is 5.15. The van der Waals surface area contributed by atoms with Crippen molar-refractivity contribution >= 4 is 18.1 Å². The van der Waals surface area contributed by atoms with Crippen molar-refractivity contribution in [2.75, 3.05) is 19.8 Å². The molecule has 0 aliphatic heterocycles. The van der Waals surface area contributed by atoms with Gasteiger partial charge in [0.1, 0.15) is 0 Å². The van der Waals surface area contributed by atoms with Crippen LogP contribution in [0.1, 0.15) is 82.6 Å². The van der Waals surface area contributed by atoms with Crippen molar-refractivity contribution in [1.82, 2.24) is 0 Å². The van der Waals surface area contributed by atoms with Gasteiger partial charge >= 0.3 is 18.1 Å². The van der Waals surface area contributed by atoms with E-state index in [0.717, 1.165) is 6.42 Å². The zero-order chi connectivity index (χ0) is 21.2. The maximum absolute atomic E-state index is 10.8. The molecule has 0 spiro atoms. The van der Waals surface area contributed by atoms with Crippen molar-refractivity contribution in [1.29, 1.82) is 0 Å². The standard InChI is InChI=1S/C7H14O2.C6H12O3.C6H12O2.CH4/c1-5-9-6(8)7(2,3)4;1-4-8-6(7)9-5(2)3;1-3-5-6(7)8-4-2;/h5H2,1-4H3;5H,4H2,1-3H3;3-5H2,1-2H3;1H4. The van der Waals surface area contributed by atoms with Gasteiger partial charge in [0, 0.05) is 6.42 Å². The number of carbonyl (C=O) groups excluding carboxylic acids is 3. The van der Waals surface area contributed by atoms with Crippen LogP contribution in [-0.2, 0) is 28.5 Å². The lowest BCUT2D eigenvalue weighted by atomic mass is 9.97. The summed E-state index contributed by atoms with van der Waals surface area (Å²) in [6, 6.07) is 0. The lowest BCUT2D eigenvalue weighted by Crippen LogP contribution is -2.22. The monoisotopic (exact) mass is 394 g/mol. The summed E-state index contributed by atoms with van der Waals surface area (Å²) in [5, 5.41) is 0. The van der Waals surface area contributed by atoms with E-state index in [1.807, 2.05) is 41.5 Å². The maximum atomic E-state index is 10.8. The van der Waals surface area contributed by atoms with Crippen LogP contribution >= 0.6 is 0 Å². The second kappa shape index (κ2) is 20.5. The molecule has 0 aromatic carbocycles. The molecule has 27 heavy (non-hydrogen) atoms. The summed E-state index contributed by atoms with van der Waals surface area (Å²) in [4.78, 5) is 31.7. The first kappa shape index (κ1) is 32.8. The summed E-state index contributed by atoms with van der Waals surface area (Å²) in [6.45, 7) is 17.7. The van der Waals surface area contributed by atoms with Crippen LogP contribution in [0.15, 0.2) is 0 Å². The highest BCUT2D eigenvalue weighted by molar-refractivity contribution is 5.75. The minimum absolute atomic E-state index is 0. The Morgan fingerprint density at radius 1 is 0.815 bits per heavy atom. The van der Waals surface area contributed by atoms with Gasteiger partial charge in [-0.05, 0) is 61.8 Å². The molecule has 0 aliphatic carbocycles. The van der Waals surface area contributed by atoms with Crippen molar-refractivity contribution in [2.24, 2.45) is 5.41 Å². The van der Waals surface area contributed by atoms with E-state index in [0.29, 0.717) is 26.2 Å². The van der Waals surface area contributed by atoms with Crippen LogP contribution in [0.5, 0.6) is 0 Å². The Bertz CT molecular complexity index is 363. The van der Waals surface area contributed by atoms with Gasteiger partial charge in [-0.25, -0.2) is 4.79 Å². The molecule has 0 aliphatic rings. The smallest absolute Gasteiger partial charge is 0.466 e. The van der Waals surface area contributed by atoms with Gasteiger partial charge < -0.3 is 18.9 Å². The molecule has 0 atom stereocenters. The molecule has 164 valence electrons. The van der Waals surface area contributed by atoms with Crippen molar-refractivity contribution < 1.29 is 33.3 Å². The molecular formula is C20H42O7. The highest BCUT2D eigenvalue weighted by Gasteiger charge is 2.21. The lowest BCUT2D eigenvalue weighted by molar-refractivity contribution is -0.152. The first-order valence-corrected chi connectivity index (χ1v) is 9.12. The first-order valence-electron chi connectivity index (χ1n) is 9.12. The average Bonchev–Trinajstić information content (AvgIpc) is 2.48. The Balaban J connectivity index is -0.000000145. The SMILES string of the molecule is C.CCCC(=O)OCC.CCOC(=O)C(C)(C)C.CCOC(=O)OC(C)C. The maximum Gasteiger partial charge on any atom is 0.508 e. The summed E-state index contributed by atoms with van der Waals surface area (Å²) in [6.07, 6.45) is 0.740. The zero-order valence-electron chi connectivity index (χ0n) is 18.0. The van der Waals surface area contributed by atoms with E-state index < -0.39 is 6.16 Å². The quantitative estimate of drug-likeness (QED) is 0.454. The molecule has 0 rings (SSSR count).